The van der Waals surface area contributed by atoms with E-state index in [9.17, 15) is 15.3 Å². The zero-order chi connectivity index (χ0) is 13.5. The number of aliphatic imine (C=N–C) groups is 1. The summed E-state index contributed by atoms with van der Waals surface area (Å²) in [7, 11) is 0. The number of amidine groups is 1. The van der Waals surface area contributed by atoms with Crippen LogP contribution >= 0.6 is 0 Å². The molecule has 1 fully saturated rings. The van der Waals surface area contributed by atoms with Gasteiger partial charge in [0.25, 0.3) is 6.02 Å². The lowest BCUT2D eigenvalue weighted by atomic mass is 9.72. The molecule has 0 saturated heterocycles. The van der Waals surface area contributed by atoms with Crippen LogP contribution in [-0.4, -0.2) is 57.8 Å². The Morgan fingerprint density at radius 3 is 2.61 bits per heavy atom. The molecule has 1 aliphatic carbocycles. The van der Waals surface area contributed by atoms with E-state index in [1.807, 2.05) is 6.92 Å². The van der Waals surface area contributed by atoms with Crippen molar-refractivity contribution in [3.63, 3.8) is 0 Å². The van der Waals surface area contributed by atoms with Crippen LogP contribution in [0.25, 0.3) is 0 Å². The van der Waals surface area contributed by atoms with Crippen molar-refractivity contribution >= 4 is 6.02 Å². The van der Waals surface area contributed by atoms with Crippen LogP contribution in [0, 0.1) is 5.92 Å². The minimum absolute atomic E-state index is 0.283. The Labute approximate surface area is 107 Å². The summed E-state index contributed by atoms with van der Waals surface area (Å²) < 4.78 is 5.61. The summed E-state index contributed by atoms with van der Waals surface area (Å²) >= 11 is 0. The maximum Gasteiger partial charge on any atom is 0.285 e. The number of ether oxygens (including phenoxy) is 1. The summed E-state index contributed by atoms with van der Waals surface area (Å²) in [5.74, 6) is -0.426. The third-order valence-corrected chi connectivity index (χ3v) is 3.74. The van der Waals surface area contributed by atoms with Gasteiger partial charge in [0.1, 0.15) is 18.2 Å². The van der Waals surface area contributed by atoms with Crippen molar-refractivity contribution in [3.8, 4) is 0 Å². The highest BCUT2D eigenvalue weighted by Gasteiger charge is 2.51. The fourth-order valence-electron chi connectivity index (χ4n) is 2.72. The molecule has 6 heteroatoms. The lowest BCUT2D eigenvalue weighted by molar-refractivity contribution is -0.140. The van der Waals surface area contributed by atoms with Gasteiger partial charge in [0, 0.05) is 12.5 Å². The van der Waals surface area contributed by atoms with Crippen molar-refractivity contribution in [2.45, 2.75) is 57.1 Å². The van der Waals surface area contributed by atoms with Gasteiger partial charge in [-0.3, -0.25) is 0 Å². The maximum absolute atomic E-state index is 10.1. The highest BCUT2D eigenvalue weighted by Crippen LogP contribution is 2.37. The van der Waals surface area contributed by atoms with Crippen LogP contribution in [0.2, 0.25) is 0 Å². The molecule has 0 bridgehead atoms. The topological polar surface area (TPSA) is 94.3 Å². The van der Waals surface area contributed by atoms with Crippen LogP contribution in [0.3, 0.4) is 0 Å². The summed E-state index contributed by atoms with van der Waals surface area (Å²) in [6.45, 7) is 5.88. The molecule has 104 valence electrons. The van der Waals surface area contributed by atoms with Crippen LogP contribution in [0.5, 0.6) is 0 Å². The van der Waals surface area contributed by atoms with Gasteiger partial charge in [0.05, 0.1) is 11.7 Å². The van der Waals surface area contributed by atoms with Crippen molar-refractivity contribution in [2.24, 2.45) is 10.9 Å². The second-order valence-electron chi connectivity index (χ2n) is 5.59. The van der Waals surface area contributed by atoms with Gasteiger partial charge >= 0.3 is 0 Å². The van der Waals surface area contributed by atoms with E-state index in [0.717, 1.165) is 0 Å². The predicted molar refractivity (Wildman–Crippen MR) is 66.2 cm³/mol. The molecule has 2 aliphatic rings. The molecule has 2 rings (SSSR count). The van der Waals surface area contributed by atoms with E-state index in [-0.39, 0.29) is 6.10 Å². The molecule has 0 unspecified atom stereocenters. The molecular formula is C12H22N2O4. The molecule has 4 N–H and O–H groups in total. The normalized spacial score (nSPS) is 39.9. The molecule has 0 amide bonds. The molecule has 0 radical (unpaired) electrons. The Hall–Kier alpha value is -0.850. The van der Waals surface area contributed by atoms with Crippen LogP contribution in [0.1, 0.15) is 27.2 Å². The molecule has 0 aromatic rings. The molecule has 1 saturated carbocycles. The van der Waals surface area contributed by atoms with Gasteiger partial charge in [0.15, 0.2) is 0 Å². The van der Waals surface area contributed by atoms with Crippen molar-refractivity contribution in [3.05, 3.63) is 0 Å². The summed E-state index contributed by atoms with van der Waals surface area (Å²) in [6, 6.07) is -0.0391. The first-order chi connectivity index (χ1) is 8.34. The van der Waals surface area contributed by atoms with E-state index in [2.05, 4.69) is 10.3 Å². The fourth-order valence-corrected chi connectivity index (χ4v) is 2.72. The number of aliphatic hydroxyl groups is 3. The Balaban J connectivity index is 2.14. The van der Waals surface area contributed by atoms with E-state index in [0.29, 0.717) is 19.0 Å². The summed E-state index contributed by atoms with van der Waals surface area (Å²) in [4.78, 5) is 4.24. The van der Waals surface area contributed by atoms with Crippen LogP contribution in [0.4, 0.5) is 0 Å². The van der Waals surface area contributed by atoms with Crippen molar-refractivity contribution in [2.75, 3.05) is 6.54 Å². The predicted octanol–water partition coefficient (Wildman–Crippen LogP) is -0.768. The Morgan fingerprint density at radius 1 is 1.39 bits per heavy atom. The third-order valence-electron chi connectivity index (χ3n) is 3.74. The van der Waals surface area contributed by atoms with E-state index in [1.165, 1.54) is 0 Å². The fraction of sp³-hybridized carbons (Fsp3) is 0.917. The molecule has 0 spiro atoms. The van der Waals surface area contributed by atoms with E-state index >= 15 is 0 Å². The number of nitrogens with zero attached hydrogens (tertiary/aromatic N) is 1. The Morgan fingerprint density at radius 2 is 2.06 bits per heavy atom. The number of nitrogens with one attached hydrogen (secondary N) is 1. The molecule has 18 heavy (non-hydrogen) atoms. The van der Waals surface area contributed by atoms with Gasteiger partial charge in [-0.1, -0.05) is 0 Å². The first-order valence-electron chi connectivity index (χ1n) is 6.41. The van der Waals surface area contributed by atoms with Crippen molar-refractivity contribution < 1.29 is 20.1 Å². The Kier molecular flexibility index (Phi) is 3.53. The lowest BCUT2D eigenvalue weighted by Crippen LogP contribution is -2.57. The van der Waals surface area contributed by atoms with Crippen LogP contribution < -0.4 is 5.32 Å². The maximum atomic E-state index is 10.1. The Bertz CT molecular complexity index is 339. The molecule has 1 aliphatic heterocycles. The van der Waals surface area contributed by atoms with Gasteiger partial charge in [-0.2, -0.15) is 0 Å². The van der Waals surface area contributed by atoms with E-state index in [1.54, 1.807) is 13.8 Å². The SMILES string of the molecule is CCNC1=N[C@@H]2[C@@H](O)[C@H](O)[C@@H](C(C)(C)O)C[C@@H]2O1. The third kappa shape index (κ3) is 2.32. The quantitative estimate of drug-likeness (QED) is 0.522. The van der Waals surface area contributed by atoms with Gasteiger partial charge in [-0.05, 0) is 27.2 Å². The van der Waals surface area contributed by atoms with Gasteiger partial charge in [-0.25, -0.2) is 4.99 Å². The molecule has 1 heterocycles. The van der Waals surface area contributed by atoms with Crippen LogP contribution in [0.15, 0.2) is 4.99 Å². The van der Waals surface area contributed by atoms with E-state index < -0.39 is 29.8 Å². The van der Waals surface area contributed by atoms with Gasteiger partial charge in [-0.15, -0.1) is 0 Å². The summed E-state index contributed by atoms with van der Waals surface area (Å²) in [6.07, 6.45) is -1.80. The largest absolute Gasteiger partial charge is 0.460 e. The monoisotopic (exact) mass is 258 g/mol. The standard InChI is InChI=1S/C12H22N2O4/c1-4-13-11-14-8-7(18-11)5-6(12(2,3)17)9(15)10(8)16/h6-10,15-17H,4-5H2,1-3H3,(H,13,14)/t6-,7-,8-,9+,10+/m0/s1. The first-order valence-corrected chi connectivity index (χ1v) is 6.41. The molecule has 5 atom stereocenters. The highest BCUT2D eigenvalue weighted by atomic mass is 16.5. The first kappa shape index (κ1) is 13.6. The van der Waals surface area contributed by atoms with Crippen molar-refractivity contribution in [1.29, 1.82) is 0 Å². The second-order valence-corrected chi connectivity index (χ2v) is 5.59. The van der Waals surface area contributed by atoms with E-state index in [4.69, 9.17) is 4.74 Å². The smallest absolute Gasteiger partial charge is 0.285 e. The lowest BCUT2D eigenvalue weighted by Gasteiger charge is -2.42. The number of aliphatic hydroxyl groups excluding tert-OH is 2. The highest BCUT2D eigenvalue weighted by molar-refractivity contribution is 5.75. The molecule has 0 aromatic carbocycles. The number of rotatable bonds is 2. The van der Waals surface area contributed by atoms with Crippen molar-refractivity contribution in [1.82, 2.24) is 5.32 Å². The summed E-state index contributed by atoms with van der Waals surface area (Å²) in [5.41, 5.74) is -1.06. The average molecular weight is 258 g/mol. The zero-order valence-corrected chi connectivity index (χ0v) is 11.0. The second kappa shape index (κ2) is 4.68. The molecule has 6 nitrogen and oxygen atoms in total. The molecule has 0 aromatic heterocycles. The number of hydrogen-bond donors (Lipinski definition) is 4. The average Bonchev–Trinajstić information content (AvgIpc) is 2.65. The summed E-state index contributed by atoms with van der Waals surface area (Å²) in [5, 5.41) is 33.2. The minimum Gasteiger partial charge on any atom is -0.460 e. The number of hydrogen-bond acceptors (Lipinski definition) is 6. The molecular weight excluding hydrogens is 236 g/mol. The minimum atomic E-state index is -1.06. The zero-order valence-electron chi connectivity index (χ0n) is 11.0. The number of fused-ring (bicyclic) bond motifs is 1. The van der Waals surface area contributed by atoms with Crippen LogP contribution in [-0.2, 0) is 4.74 Å². The van der Waals surface area contributed by atoms with Gasteiger partial charge < -0.3 is 25.4 Å². The van der Waals surface area contributed by atoms with Gasteiger partial charge in [0.2, 0.25) is 0 Å².